The molecule has 0 spiro atoms. The number of hydrogen-bond acceptors (Lipinski definition) is 4. The van der Waals surface area contributed by atoms with Crippen LogP contribution in [-0.4, -0.2) is 27.7 Å². The Morgan fingerprint density at radius 1 is 1.21 bits per heavy atom. The van der Waals surface area contributed by atoms with E-state index < -0.39 is 0 Å². The molecule has 1 atom stereocenters. The van der Waals surface area contributed by atoms with E-state index in [1.165, 1.54) is 12.8 Å². The lowest BCUT2D eigenvalue weighted by Gasteiger charge is -2.18. The number of para-hydroxylation sites is 1. The van der Waals surface area contributed by atoms with Crippen LogP contribution in [0.2, 0.25) is 0 Å². The van der Waals surface area contributed by atoms with Crippen molar-refractivity contribution in [3.05, 3.63) is 30.6 Å². The summed E-state index contributed by atoms with van der Waals surface area (Å²) >= 11 is 0. The van der Waals surface area contributed by atoms with Gasteiger partial charge in [-0.25, -0.2) is 9.97 Å². The highest BCUT2D eigenvalue weighted by atomic mass is 16.3. The average molecular weight is 257 g/mol. The third-order valence-electron chi connectivity index (χ3n) is 3.97. The number of aliphatic hydroxyl groups excluding tert-OH is 1. The smallest absolute Gasteiger partial charge is 0.137 e. The van der Waals surface area contributed by atoms with Gasteiger partial charge in [0.05, 0.1) is 11.6 Å². The minimum absolute atomic E-state index is 0.281. The first-order valence-corrected chi connectivity index (χ1v) is 6.96. The van der Waals surface area contributed by atoms with E-state index in [0.29, 0.717) is 12.5 Å². The minimum atomic E-state index is -0.281. The SMILES string of the molecule is OC(CNc1ncnc2ccccc12)C1CCCC1. The van der Waals surface area contributed by atoms with E-state index in [2.05, 4.69) is 15.3 Å². The normalized spacial score (nSPS) is 17.7. The Hall–Kier alpha value is -1.68. The van der Waals surface area contributed by atoms with Crippen LogP contribution in [0.4, 0.5) is 5.82 Å². The second-order valence-corrected chi connectivity index (χ2v) is 5.23. The monoisotopic (exact) mass is 257 g/mol. The van der Waals surface area contributed by atoms with Crippen molar-refractivity contribution in [3.8, 4) is 0 Å². The van der Waals surface area contributed by atoms with Crippen molar-refractivity contribution >= 4 is 16.7 Å². The summed E-state index contributed by atoms with van der Waals surface area (Å²) in [6.45, 7) is 0.561. The van der Waals surface area contributed by atoms with Crippen molar-refractivity contribution in [2.24, 2.45) is 5.92 Å². The number of benzene rings is 1. The molecule has 4 heteroatoms. The topological polar surface area (TPSA) is 58.0 Å². The maximum Gasteiger partial charge on any atom is 0.137 e. The fourth-order valence-electron chi connectivity index (χ4n) is 2.86. The van der Waals surface area contributed by atoms with Crippen molar-refractivity contribution in [1.82, 2.24) is 9.97 Å². The predicted octanol–water partition coefficient (Wildman–Crippen LogP) is 2.59. The van der Waals surface area contributed by atoms with Gasteiger partial charge in [0, 0.05) is 11.9 Å². The summed E-state index contributed by atoms with van der Waals surface area (Å²) in [6.07, 6.45) is 6.07. The first-order chi connectivity index (χ1) is 9.34. The van der Waals surface area contributed by atoms with Crippen LogP contribution in [0.15, 0.2) is 30.6 Å². The van der Waals surface area contributed by atoms with E-state index in [1.54, 1.807) is 6.33 Å². The van der Waals surface area contributed by atoms with E-state index >= 15 is 0 Å². The molecule has 100 valence electrons. The molecule has 4 nitrogen and oxygen atoms in total. The summed E-state index contributed by atoms with van der Waals surface area (Å²) in [4.78, 5) is 8.50. The highest BCUT2D eigenvalue weighted by Crippen LogP contribution is 2.28. The predicted molar refractivity (Wildman–Crippen MR) is 76.0 cm³/mol. The van der Waals surface area contributed by atoms with Crippen molar-refractivity contribution < 1.29 is 5.11 Å². The van der Waals surface area contributed by atoms with Gasteiger partial charge in [0.15, 0.2) is 0 Å². The van der Waals surface area contributed by atoms with Gasteiger partial charge in [-0.15, -0.1) is 0 Å². The van der Waals surface area contributed by atoms with Gasteiger partial charge in [-0.3, -0.25) is 0 Å². The van der Waals surface area contributed by atoms with Gasteiger partial charge in [0.25, 0.3) is 0 Å². The van der Waals surface area contributed by atoms with E-state index in [-0.39, 0.29) is 6.10 Å². The van der Waals surface area contributed by atoms with Crippen LogP contribution in [0.1, 0.15) is 25.7 Å². The molecule has 0 bridgehead atoms. The second kappa shape index (κ2) is 5.53. The summed E-state index contributed by atoms with van der Waals surface area (Å²) in [5.41, 5.74) is 0.926. The Morgan fingerprint density at radius 3 is 2.84 bits per heavy atom. The van der Waals surface area contributed by atoms with Gasteiger partial charge in [0.1, 0.15) is 12.1 Å². The number of hydrogen-bond donors (Lipinski definition) is 2. The molecule has 1 unspecified atom stereocenters. The Bertz CT molecular complexity index is 547. The lowest BCUT2D eigenvalue weighted by atomic mass is 10.0. The molecule has 0 aliphatic heterocycles. The Morgan fingerprint density at radius 2 is 2.00 bits per heavy atom. The Balaban J connectivity index is 1.71. The molecule has 1 aliphatic carbocycles. The lowest BCUT2D eigenvalue weighted by Crippen LogP contribution is -2.27. The van der Waals surface area contributed by atoms with Gasteiger partial charge in [0.2, 0.25) is 0 Å². The van der Waals surface area contributed by atoms with E-state index in [1.807, 2.05) is 24.3 Å². The zero-order chi connectivity index (χ0) is 13.1. The van der Waals surface area contributed by atoms with E-state index in [4.69, 9.17) is 0 Å². The quantitative estimate of drug-likeness (QED) is 0.884. The number of nitrogens with zero attached hydrogens (tertiary/aromatic N) is 2. The molecule has 3 rings (SSSR count). The molecular weight excluding hydrogens is 238 g/mol. The standard InChI is InChI=1S/C15H19N3O/c19-14(11-5-1-2-6-11)9-16-15-12-7-3-4-8-13(12)17-10-18-15/h3-4,7-8,10-11,14,19H,1-2,5-6,9H2,(H,16,17,18). The van der Waals surface area contributed by atoms with Crippen LogP contribution in [0.5, 0.6) is 0 Å². The second-order valence-electron chi connectivity index (χ2n) is 5.23. The molecule has 2 N–H and O–H groups in total. The van der Waals surface area contributed by atoms with Crippen molar-refractivity contribution in [2.75, 3.05) is 11.9 Å². The van der Waals surface area contributed by atoms with Crippen LogP contribution in [0.25, 0.3) is 10.9 Å². The van der Waals surface area contributed by atoms with E-state index in [9.17, 15) is 5.11 Å². The van der Waals surface area contributed by atoms with Crippen LogP contribution in [0, 0.1) is 5.92 Å². The molecule has 2 aromatic rings. The first-order valence-electron chi connectivity index (χ1n) is 6.96. The number of fused-ring (bicyclic) bond motifs is 1. The zero-order valence-corrected chi connectivity index (χ0v) is 10.9. The van der Waals surface area contributed by atoms with Gasteiger partial charge in [-0.1, -0.05) is 25.0 Å². The number of nitrogens with one attached hydrogen (secondary N) is 1. The largest absolute Gasteiger partial charge is 0.391 e. The summed E-state index contributed by atoms with van der Waals surface area (Å²) < 4.78 is 0. The fourth-order valence-corrected chi connectivity index (χ4v) is 2.86. The number of rotatable bonds is 4. The summed E-state index contributed by atoms with van der Waals surface area (Å²) in [5.74, 6) is 1.25. The van der Waals surface area contributed by atoms with Crippen molar-refractivity contribution in [1.29, 1.82) is 0 Å². The molecular formula is C15H19N3O. The highest BCUT2D eigenvalue weighted by Gasteiger charge is 2.22. The van der Waals surface area contributed by atoms with Gasteiger partial charge in [-0.05, 0) is 30.9 Å². The van der Waals surface area contributed by atoms with Crippen LogP contribution in [-0.2, 0) is 0 Å². The molecule has 1 heterocycles. The lowest BCUT2D eigenvalue weighted by molar-refractivity contribution is 0.123. The molecule has 1 aliphatic rings. The molecule has 1 aromatic carbocycles. The van der Waals surface area contributed by atoms with Gasteiger partial charge < -0.3 is 10.4 Å². The maximum atomic E-state index is 10.2. The molecule has 1 saturated carbocycles. The zero-order valence-electron chi connectivity index (χ0n) is 10.9. The fraction of sp³-hybridized carbons (Fsp3) is 0.467. The van der Waals surface area contributed by atoms with Crippen molar-refractivity contribution in [3.63, 3.8) is 0 Å². The molecule has 0 saturated heterocycles. The first kappa shape index (κ1) is 12.4. The number of aliphatic hydroxyl groups is 1. The summed E-state index contributed by atoms with van der Waals surface area (Å²) in [6, 6.07) is 7.91. The third kappa shape index (κ3) is 2.68. The number of anilines is 1. The molecule has 1 fully saturated rings. The minimum Gasteiger partial charge on any atom is -0.391 e. The molecule has 0 radical (unpaired) electrons. The molecule has 19 heavy (non-hydrogen) atoms. The van der Waals surface area contributed by atoms with Crippen LogP contribution >= 0.6 is 0 Å². The third-order valence-corrected chi connectivity index (χ3v) is 3.97. The summed E-state index contributed by atoms with van der Waals surface area (Å²) in [5, 5.41) is 14.4. The Labute approximate surface area is 112 Å². The number of aromatic nitrogens is 2. The average Bonchev–Trinajstić information content (AvgIpc) is 2.99. The van der Waals surface area contributed by atoms with E-state index in [0.717, 1.165) is 29.6 Å². The highest BCUT2D eigenvalue weighted by molar-refractivity contribution is 5.88. The van der Waals surface area contributed by atoms with Gasteiger partial charge >= 0.3 is 0 Å². The van der Waals surface area contributed by atoms with Crippen LogP contribution in [0.3, 0.4) is 0 Å². The summed E-state index contributed by atoms with van der Waals surface area (Å²) in [7, 11) is 0. The molecule has 1 aromatic heterocycles. The Kier molecular flexibility index (Phi) is 3.60. The van der Waals surface area contributed by atoms with Crippen LogP contribution < -0.4 is 5.32 Å². The van der Waals surface area contributed by atoms with Gasteiger partial charge in [-0.2, -0.15) is 0 Å². The van der Waals surface area contributed by atoms with Crippen molar-refractivity contribution in [2.45, 2.75) is 31.8 Å². The molecule has 0 amide bonds. The maximum absolute atomic E-state index is 10.2.